The van der Waals surface area contributed by atoms with E-state index < -0.39 is 0 Å². The number of hydrogen-bond donors (Lipinski definition) is 1. The van der Waals surface area contributed by atoms with Crippen molar-refractivity contribution in [3.05, 3.63) is 38.1 Å². The van der Waals surface area contributed by atoms with E-state index in [4.69, 9.17) is 5.73 Å². The summed E-state index contributed by atoms with van der Waals surface area (Å²) < 4.78 is 0.963. The second-order valence-corrected chi connectivity index (χ2v) is 5.88. The van der Waals surface area contributed by atoms with Crippen LogP contribution in [0.15, 0.2) is 12.1 Å². The van der Waals surface area contributed by atoms with Crippen molar-refractivity contribution in [2.45, 2.75) is 34.1 Å². The second-order valence-electron chi connectivity index (χ2n) is 4.80. The van der Waals surface area contributed by atoms with Gasteiger partial charge < -0.3 is 5.73 Å². The van der Waals surface area contributed by atoms with Gasteiger partial charge in [-0.2, -0.15) is 0 Å². The first-order valence-electron chi connectivity index (χ1n) is 6.34. The Labute approximate surface area is 127 Å². The van der Waals surface area contributed by atoms with E-state index in [1.54, 1.807) is 0 Å². The summed E-state index contributed by atoms with van der Waals surface area (Å²) >= 11 is 2.21. The molecule has 0 aliphatic heterocycles. The standard InChI is InChI=1S/C15H18IN3/c1-5-12-13(16)14(17)19-15(18-12)11-7-9(3)8(2)6-10(11)4/h6-7H,5H2,1-4H3,(H2,17,18,19). The maximum absolute atomic E-state index is 5.99. The van der Waals surface area contributed by atoms with E-state index in [2.05, 4.69) is 72.4 Å². The van der Waals surface area contributed by atoms with Crippen molar-refractivity contribution in [3.63, 3.8) is 0 Å². The molecule has 1 aromatic carbocycles. The molecule has 0 radical (unpaired) electrons. The highest BCUT2D eigenvalue weighted by Gasteiger charge is 2.12. The number of nitrogen functional groups attached to an aromatic ring is 1. The quantitative estimate of drug-likeness (QED) is 0.822. The number of rotatable bonds is 2. The summed E-state index contributed by atoms with van der Waals surface area (Å²) in [5.74, 6) is 1.30. The molecule has 3 nitrogen and oxygen atoms in total. The van der Waals surface area contributed by atoms with Crippen LogP contribution in [0.2, 0.25) is 0 Å². The summed E-state index contributed by atoms with van der Waals surface area (Å²) in [7, 11) is 0. The fraction of sp³-hybridized carbons (Fsp3) is 0.333. The molecule has 4 heteroatoms. The molecule has 0 saturated heterocycles. The fourth-order valence-electron chi connectivity index (χ4n) is 2.07. The van der Waals surface area contributed by atoms with Crippen LogP contribution < -0.4 is 5.73 Å². The Kier molecular flexibility index (Phi) is 4.08. The highest BCUT2D eigenvalue weighted by atomic mass is 127. The number of nitrogens with two attached hydrogens (primary N) is 1. The van der Waals surface area contributed by atoms with Gasteiger partial charge in [-0.05, 0) is 72.5 Å². The van der Waals surface area contributed by atoms with Gasteiger partial charge in [-0.3, -0.25) is 0 Å². The Hall–Kier alpha value is -1.17. The molecule has 19 heavy (non-hydrogen) atoms. The third kappa shape index (κ3) is 2.73. The van der Waals surface area contributed by atoms with Gasteiger partial charge in [0.1, 0.15) is 5.82 Å². The zero-order valence-corrected chi connectivity index (χ0v) is 13.9. The number of benzene rings is 1. The number of nitrogens with zero attached hydrogens (tertiary/aromatic N) is 2. The Morgan fingerprint density at radius 2 is 1.68 bits per heavy atom. The van der Waals surface area contributed by atoms with Crippen molar-refractivity contribution in [1.82, 2.24) is 9.97 Å². The summed E-state index contributed by atoms with van der Waals surface area (Å²) in [5.41, 5.74) is 11.8. The van der Waals surface area contributed by atoms with Gasteiger partial charge in [0.05, 0.1) is 9.26 Å². The first kappa shape index (κ1) is 14.2. The lowest BCUT2D eigenvalue weighted by Gasteiger charge is -2.11. The van der Waals surface area contributed by atoms with Gasteiger partial charge in [0.2, 0.25) is 0 Å². The van der Waals surface area contributed by atoms with Crippen molar-refractivity contribution >= 4 is 28.4 Å². The monoisotopic (exact) mass is 367 g/mol. The average Bonchev–Trinajstić information content (AvgIpc) is 2.37. The lowest BCUT2D eigenvalue weighted by molar-refractivity contribution is 0.992. The largest absolute Gasteiger partial charge is 0.383 e. The van der Waals surface area contributed by atoms with Crippen LogP contribution >= 0.6 is 22.6 Å². The molecule has 0 unspecified atom stereocenters. The molecular formula is C15H18IN3. The molecule has 100 valence electrons. The van der Waals surface area contributed by atoms with Crippen molar-refractivity contribution in [2.24, 2.45) is 0 Å². The van der Waals surface area contributed by atoms with E-state index in [-0.39, 0.29) is 0 Å². The Bertz CT molecular complexity index is 636. The molecular weight excluding hydrogens is 349 g/mol. The molecule has 0 aliphatic carbocycles. The normalized spacial score (nSPS) is 10.8. The third-order valence-electron chi connectivity index (χ3n) is 3.36. The molecule has 0 amide bonds. The SMILES string of the molecule is CCc1nc(-c2cc(C)c(C)cc2C)nc(N)c1I. The molecule has 2 aromatic rings. The summed E-state index contributed by atoms with van der Waals surface area (Å²) in [6.45, 7) is 8.40. The summed E-state index contributed by atoms with van der Waals surface area (Å²) in [6, 6.07) is 4.32. The van der Waals surface area contributed by atoms with Crippen LogP contribution in [-0.4, -0.2) is 9.97 Å². The van der Waals surface area contributed by atoms with Crippen molar-refractivity contribution < 1.29 is 0 Å². The van der Waals surface area contributed by atoms with Gasteiger partial charge in [-0.1, -0.05) is 13.0 Å². The van der Waals surface area contributed by atoms with Crippen LogP contribution in [0.1, 0.15) is 29.3 Å². The lowest BCUT2D eigenvalue weighted by Crippen LogP contribution is -2.05. The van der Waals surface area contributed by atoms with Crippen molar-refractivity contribution in [1.29, 1.82) is 0 Å². The van der Waals surface area contributed by atoms with Gasteiger partial charge in [0, 0.05) is 5.56 Å². The molecule has 2 rings (SSSR count). The lowest BCUT2D eigenvalue weighted by atomic mass is 10.0. The zero-order chi connectivity index (χ0) is 14.2. The average molecular weight is 367 g/mol. The topological polar surface area (TPSA) is 51.8 Å². The van der Waals surface area contributed by atoms with Crippen molar-refractivity contribution in [3.8, 4) is 11.4 Å². The molecule has 1 heterocycles. The van der Waals surface area contributed by atoms with Crippen LogP contribution in [-0.2, 0) is 6.42 Å². The van der Waals surface area contributed by atoms with Gasteiger partial charge in [-0.25, -0.2) is 9.97 Å². The van der Waals surface area contributed by atoms with E-state index in [9.17, 15) is 0 Å². The minimum Gasteiger partial charge on any atom is -0.383 e. The number of halogens is 1. The molecule has 0 atom stereocenters. The molecule has 0 bridgehead atoms. The zero-order valence-electron chi connectivity index (χ0n) is 11.7. The number of aromatic nitrogens is 2. The summed E-state index contributed by atoms with van der Waals surface area (Å²) in [4.78, 5) is 9.10. The van der Waals surface area contributed by atoms with E-state index in [0.29, 0.717) is 5.82 Å². The molecule has 0 spiro atoms. The predicted octanol–water partition coefficient (Wildman–Crippen LogP) is 3.82. The second kappa shape index (κ2) is 5.45. The Morgan fingerprint density at radius 1 is 1.05 bits per heavy atom. The number of anilines is 1. The smallest absolute Gasteiger partial charge is 0.162 e. The Morgan fingerprint density at radius 3 is 2.32 bits per heavy atom. The van der Waals surface area contributed by atoms with E-state index in [1.165, 1.54) is 16.7 Å². The van der Waals surface area contributed by atoms with Gasteiger partial charge >= 0.3 is 0 Å². The van der Waals surface area contributed by atoms with E-state index >= 15 is 0 Å². The van der Waals surface area contributed by atoms with Crippen LogP contribution in [0, 0.1) is 24.3 Å². The maximum Gasteiger partial charge on any atom is 0.162 e. The van der Waals surface area contributed by atoms with Crippen LogP contribution in [0.4, 0.5) is 5.82 Å². The fourth-order valence-corrected chi connectivity index (χ4v) is 2.69. The molecule has 1 aromatic heterocycles. The van der Waals surface area contributed by atoms with E-state index in [0.717, 1.165) is 27.1 Å². The summed E-state index contributed by atoms with van der Waals surface area (Å²) in [5, 5.41) is 0. The Balaban J connectivity index is 2.65. The van der Waals surface area contributed by atoms with Gasteiger partial charge in [0.15, 0.2) is 5.82 Å². The van der Waals surface area contributed by atoms with Crippen LogP contribution in [0.5, 0.6) is 0 Å². The minimum atomic E-state index is 0.570. The maximum atomic E-state index is 5.99. The van der Waals surface area contributed by atoms with Crippen molar-refractivity contribution in [2.75, 3.05) is 5.73 Å². The first-order chi connectivity index (χ1) is 8.93. The first-order valence-corrected chi connectivity index (χ1v) is 7.42. The highest BCUT2D eigenvalue weighted by Crippen LogP contribution is 2.27. The molecule has 0 saturated carbocycles. The highest BCUT2D eigenvalue weighted by molar-refractivity contribution is 14.1. The minimum absolute atomic E-state index is 0.570. The van der Waals surface area contributed by atoms with Gasteiger partial charge in [-0.15, -0.1) is 0 Å². The van der Waals surface area contributed by atoms with Crippen LogP contribution in [0.25, 0.3) is 11.4 Å². The van der Waals surface area contributed by atoms with Crippen LogP contribution in [0.3, 0.4) is 0 Å². The predicted molar refractivity (Wildman–Crippen MR) is 88.2 cm³/mol. The van der Waals surface area contributed by atoms with E-state index in [1.807, 2.05) is 0 Å². The number of hydrogen-bond acceptors (Lipinski definition) is 3. The molecule has 0 fully saturated rings. The van der Waals surface area contributed by atoms with Gasteiger partial charge in [0.25, 0.3) is 0 Å². The number of aryl methyl sites for hydroxylation is 4. The summed E-state index contributed by atoms with van der Waals surface area (Å²) in [6.07, 6.45) is 0.863. The third-order valence-corrected chi connectivity index (χ3v) is 4.54. The molecule has 0 aliphatic rings. The molecule has 2 N–H and O–H groups in total.